The largest absolute Gasteiger partial charge is 0.363 e. The Bertz CT molecular complexity index is 906. The molecule has 1 aromatic heterocycles. The summed E-state index contributed by atoms with van der Waals surface area (Å²) in [6, 6.07) is 13.9. The van der Waals surface area contributed by atoms with E-state index in [4.69, 9.17) is 5.73 Å². The first-order valence-electron chi connectivity index (χ1n) is 6.81. The second kappa shape index (κ2) is 6.59. The van der Waals surface area contributed by atoms with Crippen molar-refractivity contribution in [3.8, 4) is 5.69 Å². The molecule has 24 heavy (non-hydrogen) atoms. The Morgan fingerprint density at radius 2 is 1.79 bits per heavy atom. The Morgan fingerprint density at radius 3 is 2.42 bits per heavy atom. The van der Waals surface area contributed by atoms with E-state index in [1.807, 2.05) is 6.07 Å². The van der Waals surface area contributed by atoms with Crippen LogP contribution in [0.5, 0.6) is 0 Å². The van der Waals surface area contributed by atoms with Gasteiger partial charge >= 0.3 is 0 Å². The van der Waals surface area contributed by atoms with Gasteiger partial charge in [0, 0.05) is 10.2 Å². The molecule has 0 saturated heterocycles. The van der Waals surface area contributed by atoms with Crippen LogP contribution in [-0.2, 0) is 0 Å². The third-order valence-electron chi connectivity index (χ3n) is 3.11. The first-order chi connectivity index (χ1) is 11.5. The summed E-state index contributed by atoms with van der Waals surface area (Å²) in [6.45, 7) is 0. The number of aromatic nitrogens is 4. The average molecular weight is 387 g/mol. The third kappa shape index (κ3) is 3.30. The Kier molecular flexibility index (Phi) is 4.34. The highest BCUT2D eigenvalue weighted by molar-refractivity contribution is 9.10. The number of benzene rings is 2. The van der Waals surface area contributed by atoms with Crippen LogP contribution in [0.15, 0.2) is 53.0 Å². The van der Waals surface area contributed by atoms with Crippen LogP contribution in [0.25, 0.3) is 5.69 Å². The molecule has 9 heteroatoms. The summed E-state index contributed by atoms with van der Waals surface area (Å²) in [5, 5.41) is 13.9. The van der Waals surface area contributed by atoms with Crippen LogP contribution < -0.4 is 11.1 Å². The van der Waals surface area contributed by atoms with Gasteiger partial charge in [-0.3, -0.25) is 9.59 Å². The standard InChI is InChI=1S/C15H11BrN6O2/c16-12-4-2-1-3-11(12)15(24)18-9-5-7-10(8-6-9)22-20-14(13(17)23)19-21-22/h1-8H,(H2,17,23)(H,18,24). The van der Waals surface area contributed by atoms with Crippen LogP contribution in [-0.4, -0.2) is 32.0 Å². The van der Waals surface area contributed by atoms with Crippen LogP contribution in [0.3, 0.4) is 0 Å². The van der Waals surface area contributed by atoms with Gasteiger partial charge in [-0.2, -0.15) is 0 Å². The molecule has 0 bridgehead atoms. The number of primary amides is 1. The molecule has 0 unspecified atom stereocenters. The van der Waals surface area contributed by atoms with E-state index >= 15 is 0 Å². The van der Waals surface area contributed by atoms with Crippen molar-refractivity contribution in [3.63, 3.8) is 0 Å². The minimum atomic E-state index is -0.751. The van der Waals surface area contributed by atoms with E-state index in [2.05, 4.69) is 36.7 Å². The Hall–Kier alpha value is -3.07. The van der Waals surface area contributed by atoms with Gasteiger partial charge in [0.2, 0.25) is 0 Å². The van der Waals surface area contributed by atoms with Gasteiger partial charge in [-0.15, -0.1) is 15.0 Å². The third-order valence-corrected chi connectivity index (χ3v) is 3.80. The van der Waals surface area contributed by atoms with Crippen molar-refractivity contribution in [3.05, 3.63) is 64.4 Å². The topological polar surface area (TPSA) is 116 Å². The van der Waals surface area contributed by atoms with Gasteiger partial charge in [0.15, 0.2) is 0 Å². The predicted octanol–water partition coefficient (Wildman–Crippen LogP) is 1.78. The maximum Gasteiger partial charge on any atom is 0.290 e. The van der Waals surface area contributed by atoms with Gasteiger partial charge in [-0.25, -0.2) is 0 Å². The fourth-order valence-electron chi connectivity index (χ4n) is 1.94. The lowest BCUT2D eigenvalue weighted by atomic mass is 10.2. The molecule has 1 heterocycles. The monoisotopic (exact) mass is 386 g/mol. The SMILES string of the molecule is NC(=O)c1nnn(-c2ccc(NC(=O)c3ccccc3Br)cc2)n1. The maximum atomic E-state index is 12.2. The number of hydrogen-bond donors (Lipinski definition) is 2. The molecule has 0 spiro atoms. The number of tetrazole rings is 1. The van der Waals surface area contributed by atoms with Crippen LogP contribution in [0, 0.1) is 0 Å². The van der Waals surface area contributed by atoms with E-state index in [-0.39, 0.29) is 11.7 Å². The maximum absolute atomic E-state index is 12.2. The number of halogens is 1. The van der Waals surface area contributed by atoms with Gasteiger partial charge < -0.3 is 11.1 Å². The van der Waals surface area contributed by atoms with Crippen molar-refractivity contribution in [2.24, 2.45) is 5.73 Å². The summed E-state index contributed by atoms with van der Waals surface area (Å²) in [7, 11) is 0. The van der Waals surface area contributed by atoms with E-state index < -0.39 is 5.91 Å². The molecule has 2 amide bonds. The summed E-state index contributed by atoms with van der Waals surface area (Å²) in [5.41, 5.74) is 6.80. The molecule has 3 rings (SSSR count). The van der Waals surface area contributed by atoms with Crippen molar-refractivity contribution in [1.82, 2.24) is 20.2 Å². The van der Waals surface area contributed by atoms with E-state index in [1.165, 1.54) is 4.80 Å². The summed E-state index contributed by atoms with van der Waals surface area (Å²) in [6.07, 6.45) is 0. The molecule has 3 N–H and O–H groups in total. The van der Waals surface area contributed by atoms with E-state index in [0.717, 1.165) is 0 Å². The number of amides is 2. The lowest BCUT2D eigenvalue weighted by Gasteiger charge is -2.07. The molecule has 0 atom stereocenters. The zero-order chi connectivity index (χ0) is 17.1. The summed E-state index contributed by atoms with van der Waals surface area (Å²) in [4.78, 5) is 24.4. The summed E-state index contributed by atoms with van der Waals surface area (Å²) in [5.74, 6) is -1.15. The zero-order valence-corrected chi connectivity index (χ0v) is 13.8. The van der Waals surface area contributed by atoms with Gasteiger partial charge in [0.1, 0.15) is 0 Å². The minimum Gasteiger partial charge on any atom is -0.363 e. The molecule has 8 nitrogen and oxygen atoms in total. The number of rotatable bonds is 4. The molecule has 120 valence electrons. The number of nitrogens with zero attached hydrogens (tertiary/aromatic N) is 4. The highest BCUT2D eigenvalue weighted by Crippen LogP contribution is 2.18. The number of carbonyl (C=O) groups is 2. The van der Waals surface area contributed by atoms with Crippen molar-refractivity contribution >= 4 is 33.4 Å². The lowest BCUT2D eigenvalue weighted by Crippen LogP contribution is -2.13. The smallest absolute Gasteiger partial charge is 0.290 e. The van der Waals surface area contributed by atoms with E-state index in [0.29, 0.717) is 21.4 Å². The first kappa shape index (κ1) is 15.8. The minimum absolute atomic E-state index is 0.165. The summed E-state index contributed by atoms with van der Waals surface area (Å²) >= 11 is 3.34. The molecule has 3 aromatic rings. The average Bonchev–Trinajstić information content (AvgIpc) is 3.06. The van der Waals surface area contributed by atoms with Gasteiger partial charge in [-0.05, 0) is 57.5 Å². The normalized spacial score (nSPS) is 10.4. The fourth-order valence-corrected chi connectivity index (χ4v) is 2.41. The molecule has 0 aliphatic carbocycles. The molecule has 0 aliphatic heterocycles. The molecule has 0 radical (unpaired) electrons. The van der Waals surface area contributed by atoms with Crippen molar-refractivity contribution in [2.75, 3.05) is 5.32 Å². The molecule has 0 aliphatic rings. The molecule has 2 aromatic carbocycles. The van der Waals surface area contributed by atoms with Crippen LogP contribution in [0.1, 0.15) is 21.0 Å². The highest BCUT2D eigenvalue weighted by atomic mass is 79.9. The van der Waals surface area contributed by atoms with Gasteiger partial charge in [0.05, 0.1) is 11.3 Å². The Balaban J connectivity index is 1.76. The fraction of sp³-hybridized carbons (Fsp3) is 0. The van der Waals surface area contributed by atoms with Crippen molar-refractivity contribution in [1.29, 1.82) is 0 Å². The predicted molar refractivity (Wildman–Crippen MR) is 89.8 cm³/mol. The molecular formula is C15H11BrN6O2. The molecule has 0 saturated carbocycles. The zero-order valence-electron chi connectivity index (χ0n) is 12.2. The highest BCUT2D eigenvalue weighted by Gasteiger charge is 2.11. The molecular weight excluding hydrogens is 376 g/mol. The van der Waals surface area contributed by atoms with Gasteiger partial charge in [-0.1, -0.05) is 12.1 Å². The Labute approximate surface area is 144 Å². The second-order valence-electron chi connectivity index (χ2n) is 4.75. The number of hydrogen-bond acceptors (Lipinski definition) is 5. The summed E-state index contributed by atoms with van der Waals surface area (Å²) < 4.78 is 0.713. The van der Waals surface area contributed by atoms with E-state index in [1.54, 1.807) is 42.5 Å². The van der Waals surface area contributed by atoms with Crippen LogP contribution in [0.2, 0.25) is 0 Å². The Morgan fingerprint density at radius 1 is 1.08 bits per heavy atom. The first-order valence-corrected chi connectivity index (χ1v) is 7.60. The number of nitrogens with two attached hydrogens (primary N) is 1. The molecule has 0 fully saturated rings. The van der Waals surface area contributed by atoms with Crippen LogP contribution >= 0.6 is 15.9 Å². The van der Waals surface area contributed by atoms with Gasteiger partial charge in [0.25, 0.3) is 17.6 Å². The van der Waals surface area contributed by atoms with E-state index in [9.17, 15) is 9.59 Å². The quantitative estimate of drug-likeness (QED) is 0.708. The lowest BCUT2D eigenvalue weighted by molar-refractivity contribution is 0.0988. The van der Waals surface area contributed by atoms with Crippen molar-refractivity contribution in [2.45, 2.75) is 0 Å². The number of anilines is 1. The van der Waals surface area contributed by atoms with Crippen molar-refractivity contribution < 1.29 is 9.59 Å². The number of nitrogens with one attached hydrogen (secondary N) is 1. The van der Waals surface area contributed by atoms with Crippen LogP contribution in [0.4, 0.5) is 5.69 Å². The number of carbonyl (C=O) groups excluding carboxylic acids is 2. The second-order valence-corrected chi connectivity index (χ2v) is 5.60.